The molecule has 5 fully saturated rings. The minimum absolute atomic E-state index is 0.0101. The number of carbonyl (C=O) groups excluding carboxylic acids is 2. The van der Waals surface area contributed by atoms with Gasteiger partial charge in [0.25, 0.3) is 0 Å². The zero-order valence-corrected chi connectivity index (χ0v) is 22.4. The van der Waals surface area contributed by atoms with Crippen LogP contribution in [0.2, 0.25) is 0 Å². The van der Waals surface area contributed by atoms with E-state index in [-0.39, 0.29) is 36.5 Å². The monoisotopic (exact) mass is 526 g/mol. The molecule has 4 aliphatic heterocycles. The van der Waals surface area contributed by atoms with Crippen LogP contribution in [0.25, 0.3) is 10.9 Å². The van der Waals surface area contributed by atoms with Crippen molar-refractivity contribution in [2.75, 3.05) is 6.54 Å². The van der Waals surface area contributed by atoms with E-state index < -0.39 is 29.9 Å². The Balaban J connectivity index is 1.02. The van der Waals surface area contributed by atoms with Gasteiger partial charge < -0.3 is 24.5 Å². The summed E-state index contributed by atoms with van der Waals surface area (Å²) in [5.41, 5.74) is 1.54. The number of rotatable bonds is 7. The van der Waals surface area contributed by atoms with Crippen LogP contribution >= 0.6 is 0 Å². The highest BCUT2D eigenvalue weighted by Crippen LogP contribution is 2.60. The Hall–Kier alpha value is -2.46. The summed E-state index contributed by atoms with van der Waals surface area (Å²) in [5.74, 6) is -0.802. The molecule has 5 aliphatic rings. The Bertz CT molecular complexity index is 1200. The highest BCUT2D eigenvalue weighted by atomic mass is 17.3. The number of aromatic amines is 1. The number of H-pyrrole nitrogens is 1. The van der Waals surface area contributed by atoms with E-state index in [2.05, 4.69) is 23.3 Å². The minimum atomic E-state index is -0.878. The summed E-state index contributed by atoms with van der Waals surface area (Å²) in [4.78, 5) is 40.4. The zero-order chi connectivity index (χ0) is 26.5. The molecule has 1 spiro atoms. The number of amides is 1. The molecule has 1 aliphatic carbocycles. The minimum Gasteiger partial charge on any atom is -0.435 e. The van der Waals surface area contributed by atoms with Crippen molar-refractivity contribution in [3.63, 3.8) is 0 Å². The third kappa shape index (κ3) is 4.43. The first kappa shape index (κ1) is 25.8. The fraction of sp³-hybridized carbons (Fsp3) is 0.655. The van der Waals surface area contributed by atoms with Crippen molar-refractivity contribution in [1.82, 2.24) is 10.3 Å². The van der Waals surface area contributed by atoms with Crippen LogP contribution in [0.15, 0.2) is 30.5 Å². The van der Waals surface area contributed by atoms with Gasteiger partial charge in [-0.05, 0) is 56.1 Å². The van der Waals surface area contributed by atoms with Gasteiger partial charge >= 0.3 is 5.97 Å². The number of hydrogen-bond donors (Lipinski definition) is 2. The molecule has 1 aromatic heterocycles. The third-order valence-electron chi connectivity index (χ3n) is 9.29. The van der Waals surface area contributed by atoms with Gasteiger partial charge in [0, 0.05) is 48.3 Å². The lowest BCUT2D eigenvalue weighted by Crippen LogP contribution is -2.70. The average molecular weight is 527 g/mol. The predicted octanol–water partition coefficient (Wildman–Crippen LogP) is 4.36. The van der Waals surface area contributed by atoms with E-state index in [1.54, 1.807) is 0 Å². The number of benzene rings is 1. The zero-order valence-electron chi connectivity index (χ0n) is 22.4. The van der Waals surface area contributed by atoms with Gasteiger partial charge in [-0.15, -0.1) is 0 Å². The van der Waals surface area contributed by atoms with E-state index >= 15 is 0 Å². The number of aromatic nitrogens is 1. The highest BCUT2D eigenvalue weighted by Gasteiger charge is 2.69. The molecule has 9 nitrogen and oxygen atoms in total. The summed E-state index contributed by atoms with van der Waals surface area (Å²) in [5, 5.41) is 4.07. The summed E-state index contributed by atoms with van der Waals surface area (Å²) >= 11 is 0. The van der Waals surface area contributed by atoms with Crippen molar-refractivity contribution >= 4 is 22.8 Å². The van der Waals surface area contributed by atoms with E-state index in [1.165, 1.54) is 0 Å². The van der Waals surface area contributed by atoms with Crippen LogP contribution in [0.5, 0.6) is 0 Å². The molecule has 206 valence electrons. The number of hydrogen-bond acceptors (Lipinski definition) is 7. The van der Waals surface area contributed by atoms with Crippen LogP contribution < -0.4 is 5.32 Å². The first-order valence-corrected chi connectivity index (χ1v) is 14.0. The molecule has 1 amide bonds. The molecule has 1 aromatic carbocycles. The van der Waals surface area contributed by atoms with Crippen molar-refractivity contribution in [3.8, 4) is 0 Å². The van der Waals surface area contributed by atoms with Crippen LogP contribution in [0.3, 0.4) is 0 Å². The topological polar surface area (TPSA) is 108 Å². The van der Waals surface area contributed by atoms with Crippen LogP contribution in [0, 0.1) is 23.7 Å². The smallest absolute Gasteiger partial charge is 0.308 e. The molecule has 2 aromatic rings. The van der Waals surface area contributed by atoms with Gasteiger partial charge in [-0.2, -0.15) is 0 Å². The second-order valence-electron chi connectivity index (χ2n) is 11.7. The lowest BCUT2D eigenvalue weighted by Gasteiger charge is -2.59. The molecule has 7 rings (SSSR count). The van der Waals surface area contributed by atoms with Crippen molar-refractivity contribution in [2.24, 2.45) is 23.7 Å². The molecule has 4 saturated heterocycles. The molecular formula is C29H38N2O7. The van der Waals surface area contributed by atoms with Crippen molar-refractivity contribution in [1.29, 1.82) is 0 Å². The predicted molar refractivity (Wildman–Crippen MR) is 137 cm³/mol. The van der Waals surface area contributed by atoms with Crippen LogP contribution in [-0.2, 0) is 40.0 Å². The van der Waals surface area contributed by atoms with E-state index in [4.69, 9.17) is 24.0 Å². The molecule has 8 atom stereocenters. The van der Waals surface area contributed by atoms with Gasteiger partial charge in [-0.25, -0.2) is 9.78 Å². The normalized spacial score (nSPS) is 37.9. The Morgan fingerprint density at radius 2 is 1.95 bits per heavy atom. The Kier molecular flexibility index (Phi) is 6.74. The molecule has 0 unspecified atom stereocenters. The average Bonchev–Trinajstić information content (AvgIpc) is 3.17. The molecule has 2 bridgehead atoms. The summed E-state index contributed by atoms with van der Waals surface area (Å²) in [6.07, 6.45) is 4.99. The molecule has 38 heavy (non-hydrogen) atoms. The van der Waals surface area contributed by atoms with E-state index in [9.17, 15) is 9.59 Å². The van der Waals surface area contributed by atoms with Crippen molar-refractivity contribution in [2.45, 2.75) is 89.7 Å². The molecule has 0 radical (unpaired) electrons. The standard InChI is InChI=1S/C29H38N2O7/c1-17-8-9-22-18(2)26(35-27-29(22)21(17)12-14-28(3,36-27)37-38-29)34-25(33)11-10-24(32)30-15-13-19-16-31-23-7-5-4-6-20(19)23/h4-7,16-18,21-22,26-27,31H,8-15H2,1-3H3,(H,30,32)/t17-,18-,21+,22+,26-,27-,28+,29+/m1/s1. The Morgan fingerprint density at radius 3 is 2.82 bits per heavy atom. The van der Waals surface area contributed by atoms with Crippen molar-refractivity contribution < 1.29 is 33.6 Å². The van der Waals surface area contributed by atoms with E-state index in [0.29, 0.717) is 18.9 Å². The maximum atomic E-state index is 12.8. The number of nitrogens with one attached hydrogen (secondary N) is 2. The highest BCUT2D eigenvalue weighted by molar-refractivity contribution is 5.83. The summed E-state index contributed by atoms with van der Waals surface area (Å²) < 4.78 is 18.4. The summed E-state index contributed by atoms with van der Waals surface area (Å²) in [6.45, 7) is 6.68. The van der Waals surface area contributed by atoms with E-state index in [1.807, 2.05) is 38.2 Å². The first-order valence-electron chi connectivity index (χ1n) is 14.0. The van der Waals surface area contributed by atoms with Gasteiger partial charge in [-0.1, -0.05) is 32.0 Å². The Morgan fingerprint density at radius 1 is 1.11 bits per heavy atom. The quantitative estimate of drug-likeness (QED) is 0.408. The lowest BCUT2D eigenvalue weighted by molar-refractivity contribution is -0.576. The van der Waals surface area contributed by atoms with Crippen LogP contribution in [0.1, 0.15) is 64.9 Å². The maximum absolute atomic E-state index is 12.8. The number of carbonyl (C=O) groups is 2. The molecule has 9 heteroatoms. The van der Waals surface area contributed by atoms with Crippen molar-refractivity contribution in [3.05, 3.63) is 36.0 Å². The summed E-state index contributed by atoms with van der Waals surface area (Å²) in [7, 11) is 0. The van der Waals surface area contributed by atoms with Gasteiger partial charge in [-0.3, -0.25) is 9.59 Å². The summed E-state index contributed by atoms with van der Waals surface area (Å²) in [6, 6.07) is 8.08. The van der Waals surface area contributed by atoms with E-state index in [0.717, 1.165) is 42.1 Å². The number of para-hydroxylation sites is 1. The fourth-order valence-corrected chi connectivity index (χ4v) is 7.17. The molecule has 1 saturated carbocycles. The SMILES string of the molecule is C[C@H]1[C@H](OC(=O)CCC(=O)NCCc2c[nH]c3ccccc23)O[C@@H]2O[C@]3(C)CC[C@H]4[C@H](C)CC[C@@H]1[C@]24OO3. The molecule has 2 N–H and O–H groups in total. The largest absolute Gasteiger partial charge is 0.435 e. The lowest BCUT2D eigenvalue weighted by atomic mass is 9.58. The Labute approximate surface area is 222 Å². The van der Waals surface area contributed by atoms with Crippen LogP contribution in [0.4, 0.5) is 0 Å². The van der Waals surface area contributed by atoms with Gasteiger partial charge in [0.05, 0.1) is 6.42 Å². The number of ether oxygens (including phenoxy) is 3. The molecular weight excluding hydrogens is 488 g/mol. The number of fused-ring (bicyclic) bond motifs is 3. The fourth-order valence-electron chi connectivity index (χ4n) is 7.17. The number of esters is 1. The maximum Gasteiger partial charge on any atom is 0.308 e. The molecule has 5 heterocycles. The second-order valence-corrected chi connectivity index (χ2v) is 11.7. The van der Waals surface area contributed by atoms with Gasteiger partial charge in [0.15, 0.2) is 11.9 Å². The first-order chi connectivity index (χ1) is 18.3. The second kappa shape index (κ2) is 9.93. The van der Waals surface area contributed by atoms with Crippen LogP contribution in [-0.4, -0.2) is 47.4 Å². The van der Waals surface area contributed by atoms with Gasteiger partial charge in [0.1, 0.15) is 0 Å². The third-order valence-corrected chi connectivity index (χ3v) is 9.29. The van der Waals surface area contributed by atoms with Gasteiger partial charge in [0.2, 0.25) is 18.0 Å².